The first kappa shape index (κ1) is 11.8. The Hall–Kier alpha value is -1.29. The number of aliphatic hydroxyl groups excluding tert-OH is 1. The fraction of sp³-hybridized carbons (Fsp3) is 0.455. The van der Waals surface area contributed by atoms with Crippen LogP contribution >= 0.6 is 0 Å². The number of benzene rings is 1. The van der Waals surface area contributed by atoms with Crippen LogP contribution in [0.1, 0.15) is 19.4 Å². The number of phenolic OH excluding ortho intramolecular Hbond substituents is 1. The average molecular weight is 214 g/mol. The van der Waals surface area contributed by atoms with Crippen molar-refractivity contribution in [1.29, 1.82) is 0 Å². The molecule has 4 heteroatoms. The summed E-state index contributed by atoms with van der Waals surface area (Å²) in [6.45, 7) is 3.03. The van der Waals surface area contributed by atoms with Crippen LogP contribution in [0.15, 0.2) is 12.1 Å². The molecule has 0 unspecified atom stereocenters. The zero-order chi connectivity index (χ0) is 11.6. The van der Waals surface area contributed by atoms with Crippen LogP contribution in [0.2, 0.25) is 0 Å². The van der Waals surface area contributed by atoms with Gasteiger partial charge < -0.3 is 14.9 Å². The molecule has 0 heterocycles. The van der Waals surface area contributed by atoms with Crippen molar-refractivity contribution >= 4 is 0 Å². The molecule has 15 heavy (non-hydrogen) atoms. The number of ether oxygens (including phenoxy) is 1. The zero-order valence-corrected chi connectivity index (χ0v) is 9.04. The minimum absolute atomic E-state index is 0.0735. The highest BCUT2D eigenvalue weighted by Gasteiger charge is 2.28. The molecule has 0 saturated heterocycles. The predicted molar refractivity (Wildman–Crippen MR) is 54.7 cm³/mol. The second-order valence-corrected chi connectivity index (χ2v) is 4.02. The van der Waals surface area contributed by atoms with Crippen molar-refractivity contribution in [2.24, 2.45) is 0 Å². The number of aromatic hydroxyl groups is 1. The third-order valence-electron chi connectivity index (χ3n) is 2.38. The summed E-state index contributed by atoms with van der Waals surface area (Å²) >= 11 is 0. The van der Waals surface area contributed by atoms with Gasteiger partial charge in [-0.2, -0.15) is 0 Å². The van der Waals surface area contributed by atoms with Crippen LogP contribution in [0.25, 0.3) is 0 Å². The number of hydrogen-bond donors (Lipinski definition) is 2. The first-order chi connectivity index (χ1) is 6.94. The fourth-order valence-electron chi connectivity index (χ4n) is 1.43. The lowest BCUT2D eigenvalue weighted by Crippen LogP contribution is -2.23. The largest absolute Gasteiger partial charge is 0.504 e. The van der Waals surface area contributed by atoms with E-state index in [4.69, 9.17) is 9.84 Å². The van der Waals surface area contributed by atoms with Crippen LogP contribution in [0.5, 0.6) is 11.5 Å². The van der Waals surface area contributed by atoms with Crippen molar-refractivity contribution in [3.8, 4) is 11.5 Å². The number of hydrogen-bond acceptors (Lipinski definition) is 3. The number of phenols is 1. The lowest BCUT2D eigenvalue weighted by Gasteiger charge is -2.24. The highest BCUT2D eigenvalue weighted by Crippen LogP contribution is 2.39. The van der Waals surface area contributed by atoms with Gasteiger partial charge in [-0.25, -0.2) is 4.39 Å². The van der Waals surface area contributed by atoms with E-state index in [1.807, 2.05) is 0 Å². The van der Waals surface area contributed by atoms with Crippen LogP contribution in [0.3, 0.4) is 0 Å². The van der Waals surface area contributed by atoms with Gasteiger partial charge in [0.05, 0.1) is 13.7 Å². The van der Waals surface area contributed by atoms with Crippen LogP contribution < -0.4 is 4.74 Å². The van der Waals surface area contributed by atoms with Crippen molar-refractivity contribution in [2.45, 2.75) is 19.3 Å². The molecule has 0 aliphatic carbocycles. The Bertz CT molecular complexity index is 361. The number of methoxy groups -OCH3 is 1. The third kappa shape index (κ3) is 2.04. The summed E-state index contributed by atoms with van der Waals surface area (Å²) in [6.07, 6.45) is 0. The quantitative estimate of drug-likeness (QED) is 0.806. The fourth-order valence-corrected chi connectivity index (χ4v) is 1.43. The van der Waals surface area contributed by atoms with Crippen LogP contribution in [0, 0.1) is 5.82 Å². The van der Waals surface area contributed by atoms with Gasteiger partial charge in [-0.15, -0.1) is 0 Å². The highest BCUT2D eigenvalue weighted by atomic mass is 19.1. The molecule has 0 amide bonds. The normalized spacial score (nSPS) is 11.5. The third-order valence-corrected chi connectivity index (χ3v) is 2.38. The van der Waals surface area contributed by atoms with Crippen LogP contribution in [0.4, 0.5) is 4.39 Å². The first-order valence-corrected chi connectivity index (χ1v) is 4.61. The van der Waals surface area contributed by atoms with Gasteiger partial charge in [0.2, 0.25) is 0 Å². The maximum Gasteiger partial charge on any atom is 0.164 e. The van der Waals surface area contributed by atoms with Crippen LogP contribution in [-0.4, -0.2) is 23.9 Å². The average Bonchev–Trinajstić information content (AvgIpc) is 2.18. The van der Waals surface area contributed by atoms with Gasteiger partial charge in [-0.3, -0.25) is 0 Å². The minimum atomic E-state index is -0.845. The lowest BCUT2D eigenvalue weighted by molar-refractivity contribution is 0.210. The van der Waals surface area contributed by atoms with Crippen LogP contribution in [-0.2, 0) is 5.41 Å². The van der Waals surface area contributed by atoms with Gasteiger partial charge in [0.1, 0.15) is 5.82 Å². The molecule has 1 aromatic rings. The summed E-state index contributed by atoms with van der Waals surface area (Å²) in [5.41, 5.74) is -0.771. The predicted octanol–water partition coefficient (Wildman–Crippen LogP) is 1.81. The van der Waals surface area contributed by atoms with E-state index in [0.717, 1.165) is 0 Å². The summed E-state index contributed by atoms with van der Waals surface area (Å²) in [6, 6.07) is 2.56. The van der Waals surface area contributed by atoms with Crippen molar-refractivity contribution < 1.29 is 19.3 Å². The van der Waals surface area contributed by atoms with Crippen molar-refractivity contribution in [1.82, 2.24) is 0 Å². The molecular weight excluding hydrogens is 199 g/mol. The van der Waals surface area contributed by atoms with Crippen molar-refractivity contribution in [3.63, 3.8) is 0 Å². The second kappa shape index (κ2) is 4.06. The summed E-state index contributed by atoms with van der Waals surface area (Å²) in [5.74, 6) is -0.600. The smallest absolute Gasteiger partial charge is 0.164 e. The summed E-state index contributed by atoms with van der Waals surface area (Å²) in [7, 11) is 1.39. The van der Waals surface area contributed by atoms with Gasteiger partial charge in [0, 0.05) is 11.0 Å². The van der Waals surface area contributed by atoms with Crippen molar-refractivity contribution in [2.75, 3.05) is 13.7 Å². The van der Waals surface area contributed by atoms with E-state index < -0.39 is 11.2 Å². The Morgan fingerprint density at radius 1 is 1.40 bits per heavy atom. The molecule has 0 bridgehead atoms. The Morgan fingerprint density at radius 3 is 2.47 bits per heavy atom. The summed E-state index contributed by atoms with van der Waals surface area (Å²) in [5, 5.41) is 18.9. The maximum atomic E-state index is 13.5. The molecule has 0 aliphatic heterocycles. The summed E-state index contributed by atoms with van der Waals surface area (Å²) in [4.78, 5) is 0. The lowest BCUT2D eigenvalue weighted by atomic mass is 9.84. The van der Waals surface area contributed by atoms with E-state index in [-0.39, 0.29) is 23.7 Å². The molecule has 0 radical (unpaired) electrons. The molecule has 0 spiro atoms. The van der Waals surface area contributed by atoms with E-state index in [1.54, 1.807) is 13.8 Å². The SMILES string of the molecule is COc1ccc(F)c(C(C)(C)CO)c1O. The molecule has 0 saturated carbocycles. The Balaban J connectivity index is 3.39. The van der Waals surface area contributed by atoms with Gasteiger partial charge in [-0.1, -0.05) is 13.8 Å². The zero-order valence-electron chi connectivity index (χ0n) is 9.04. The molecule has 0 aromatic heterocycles. The number of rotatable bonds is 3. The minimum Gasteiger partial charge on any atom is -0.504 e. The molecule has 0 atom stereocenters. The van der Waals surface area contributed by atoms with Gasteiger partial charge in [-0.05, 0) is 12.1 Å². The second-order valence-electron chi connectivity index (χ2n) is 4.02. The highest BCUT2D eigenvalue weighted by molar-refractivity contribution is 5.49. The number of halogens is 1. The van der Waals surface area contributed by atoms with Crippen molar-refractivity contribution in [3.05, 3.63) is 23.5 Å². The molecule has 0 fully saturated rings. The molecule has 1 aromatic carbocycles. The first-order valence-electron chi connectivity index (χ1n) is 4.61. The molecule has 0 aliphatic rings. The standard InChI is InChI=1S/C11H15FO3/c1-11(2,6-13)9-7(12)4-5-8(15-3)10(9)14/h4-5,13-14H,6H2,1-3H3. The molecule has 2 N–H and O–H groups in total. The molecule has 3 nitrogen and oxygen atoms in total. The van der Waals surface area contributed by atoms with E-state index >= 15 is 0 Å². The summed E-state index contributed by atoms with van der Waals surface area (Å²) < 4.78 is 18.4. The van der Waals surface area contributed by atoms with Gasteiger partial charge >= 0.3 is 0 Å². The number of aliphatic hydroxyl groups is 1. The Kier molecular flexibility index (Phi) is 3.19. The molecule has 1 rings (SSSR count). The van der Waals surface area contributed by atoms with E-state index in [1.165, 1.54) is 19.2 Å². The maximum absolute atomic E-state index is 13.5. The molecular formula is C11H15FO3. The van der Waals surface area contributed by atoms with Gasteiger partial charge in [0.15, 0.2) is 11.5 Å². The monoisotopic (exact) mass is 214 g/mol. The Labute approximate surface area is 88.1 Å². The Morgan fingerprint density at radius 2 is 2.00 bits per heavy atom. The van der Waals surface area contributed by atoms with E-state index in [0.29, 0.717) is 0 Å². The van der Waals surface area contributed by atoms with E-state index in [2.05, 4.69) is 0 Å². The topological polar surface area (TPSA) is 49.7 Å². The van der Waals surface area contributed by atoms with Gasteiger partial charge in [0.25, 0.3) is 0 Å². The van der Waals surface area contributed by atoms with E-state index in [9.17, 15) is 9.50 Å². The molecule has 84 valence electrons.